The maximum Gasteiger partial charge on any atom is 0.416 e. The zero-order valence-electron chi connectivity index (χ0n) is 16.6. The smallest absolute Gasteiger partial charge is 0.350 e. The molecule has 31 heavy (non-hydrogen) atoms. The molecule has 4 nitrogen and oxygen atoms in total. The molecule has 2 aromatic carbocycles. The lowest BCUT2D eigenvalue weighted by molar-refractivity contribution is -0.137. The molecule has 0 unspecified atom stereocenters. The average Bonchev–Trinajstić information content (AvgIpc) is 3.30. The highest BCUT2D eigenvalue weighted by Crippen LogP contribution is 2.37. The molecule has 158 valence electrons. The fourth-order valence-corrected chi connectivity index (χ4v) is 4.26. The zero-order valence-corrected chi connectivity index (χ0v) is 17.4. The molecule has 1 aromatic heterocycles. The molecule has 0 fully saturated rings. The number of carbonyl (C=O) groups excluding carboxylic acids is 2. The van der Waals surface area contributed by atoms with Crippen LogP contribution in [0.1, 0.15) is 21.6 Å². The number of imide groups is 1. The van der Waals surface area contributed by atoms with E-state index in [0.29, 0.717) is 10.6 Å². The molecule has 1 aliphatic rings. The van der Waals surface area contributed by atoms with Crippen LogP contribution >= 0.6 is 11.3 Å². The van der Waals surface area contributed by atoms with Gasteiger partial charge in [0.25, 0.3) is 11.8 Å². The standard InChI is InChI=1S/C23H17F3N2O2S/c1-13-8-9-17(14(2)11-13)28-21(29)19(18-7-4-10-31-18)20(22(28)30)27-16-6-3-5-15(12-16)23(24,25)26/h3-12,27H,1-2H3. The molecule has 3 aromatic rings. The molecule has 1 aliphatic heterocycles. The van der Waals surface area contributed by atoms with Gasteiger partial charge < -0.3 is 5.32 Å². The van der Waals surface area contributed by atoms with Crippen LogP contribution in [0.15, 0.2) is 65.7 Å². The Labute approximate surface area is 180 Å². The summed E-state index contributed by atoms with van der Waals surface area (Å²) >= 11 is 1.27. The number of alkyl halides is 3. The summed E-state index contributed by atoms with van der Waals surface area (Å²) in [5.41, 5.74) is 1.47. The van der Waals surface area contributed by atoms with Gasteiger partial charge in [0.05, 0.1) is 16.8 Å². The molecular weight excluding hydrogens is 425 g/mol. The van der Waals surface area contributed by atoms with Crippen LogP contribution < -0.4 is 10.2 Å². The number of aryl methyl sites for hydroxylation is 2. The number of benzene rings is 2. The second-order valence-electron chi connectivity index (χ2n) is 7.17. The van der Waals surface area contributed by atoms with Crippen molar-refractivity contribution < 1.29 is 22.8 Å². The van der Waals surface area contributed by atoms with E-state index in [4.69, 9.17) is 0 Å². The van der Waals surface area contributed by atoms with Gasteiger partial charge in [-0.1, -0.05) is 29.8 Å². The van der Waals surface area contributed by atoms with Crippen LogP contribution in [-0.4, -0.2) is 11.8 Å². The molecule has 0 saturated carbocycles. The maximum absolute atomic E-state index is 13.3. The summed E-state index contributed by atoms with van der Waals surface area (Å²) in [6.45, 7) is 3.70. The highest BCUT2D eigenvalue weighted by molar-refractivity contribution is 7.11. The van der Waals surface area contributed by atoms with Crippen molar-refractivity contribution in [3.05, 3.63) is 87.2 Å². The van der Waals surface area contributed by atoms with Gasteiger partial charge in [0.15, 0.2) is 0 Å². The molecular formula is C23H17F3N2O2S. The highest BCUT2D eigenvalue weighted by Gasteiger charge is 2.41. The minimum atomic E-state index is -4.52. The molecule has 0 atom stereocenters. The fraction of sp³-hybridized carbons (Fsp3) is 0.130. The number of nitrogens with one attached hydrogen (secondary N) is 1. The molecule has 2 amide bonds. The number of anilines is 2. The van der Waals surface area contributed by atoms with Crippen molar-refractivity contribution in [1.29, 1.82) is 0 Å². The zero-order chi connectivity index (χ0) is 22.3. The van der Waals surface area contributed by atoms with Crippen LogP contribution in [-0.2, 0) is 15.8 Å². The van der Waals surface area contributed by atoms with Crippen LogP contribution in [0.25, 0.3) is 5.57 Å². The number of hydrogen-bond acceptors (Lipinski definition) is 4. The minimum absolute atomic E-state index is 0.0493. The molecule has 0 aliphatic carbocycles. The van der Waals surface area contributed by atoms with E-state index in [1.54, 1.807) is 36.6 Å². The van der Waals surface area contributed by atoms with E-state index in [0.717, 1.165) is 28.2 Å². The van der Waals surface area contributed by atoms with E-state index in [-0.39, 0.29) is 17.0 Å². The summed E-state index contributed by atoms with van der Waals surface area (Å²) in [4.78, 5) is 28.2. The van der Waals surface area contributed by atoms with Crippen molar-refractivity contribution >= 4 is 40.1 Å². The van der Waals surface area contributed by atoms with Gasteiger partial charge in [-0.05, 0) is 55.1 Å². The second-order valence-corrected chi connectivity index (χ2v) is 8.11. The Kier molecular flexibility index (Phi) is 5.18. The number of carbonyl (C=O) groups is 2. The maximum atomic E-state index is 13.3. The van der Waals surface area contributed by atoms with Gasteiger partial charge in [-0.2, -0.15) is 13.2 Å². The van der Waals surface area contributed by atoms with Gasteiger partial charge in [-0.15, -0.1) is 11.3 Å². The number of halogens is 3. The molecule has 0 saturated heterocycles. The first-order valence-electron chi connectivity index (χ1n) is 9.35. The van der Waals surface area contributed by atoms with E-state index in [2.05, 4.69) is 5.32 Å². The number of rotatable bonds is 4. The number of thiophene rings is 1. The van der Waals surface area contributed by atoms with Gasteiger partial charge in [0, 0.05) is 10.6 Å². The first-order chi connectivity index (χ1) is 14.7. The third-order valence-corrected chi connectivity index (χ3v) is 5.79. The Bertz CT molecular complexity index is 1210. The fourth-order valence-electron chi connectivity index (χ4n) is 3.49. The number of hydrogen-bond donors (Lipinski definition) is 1. The van der Waals surface area contributed by atoms with Gasteiger partial charge in [-0.25, -0.2) is 4.90 Å². The summed E-state index contributed by atoms with van der Waals surface area (Å²) in [7, 11) is 0. The molecule has 0 radical (unpaired) electrons. The summed E-state index contributed by atoms with van der Waals surface area (Å²) in [5, 5.41) is 4.54. The molecule has 1 N–H and O–H groups in total. The van der Waals surface area contributed by atoms with Crippen molar-refractivity contribution in [2.75, 3.05) is 10.2 Å². The van der Waals surface area contributed by atoms with Crippen molar-refractivity contribution in [1.82, 2.24) is 0 Å². The van der Waals surface area contributed by atoms with Gasteiger partial charge in [0.1, 0.15) is 5.70 Å². The Balaban J connectivity index is 1.80. The summed E-state index contributed by atoms with van der Waals surface area (Å²) < 4.78 is 39.3. The van der Waals surface area contributed by atoms with Crippen LogP contribution in [0.3, 0.4) is 0 Å². The molecule has 4 rings (SSSR count). The second kappa shape index (κ2) is 7.70. The minimum Gasteiger partial charge on any atom is -0.350 e. The molecule has 0 bridgehead atoms. The average molecular weight is 442 g/mol. The Morgan fingerprint density at radius 2 is 1.71 bits per heavy atom. The Morgan fingerprint density at radius 1 is 0.935 bits per heavy atom. The third kappa shape index (κ3) is 3.86. The van der Waals surface area contributed by atoms with Crippen molar-refractivity contribution in [2.24, 2.45) is 0 Å². The Morgan fingerprint density at radius 3 is 2.35 bits per heavy atom. The summed E-state index contributed by atoms with van der Waals surface area (Å²) in [6, 6.07) is 13.3. The van der Waals surface area contributed by atoms with E-state index in [1.165, 1.54) is 23.5 Å². The van der Waals surface area contributed by atoms with E-state index in [9.17, 15) is 22.8 Å². The van der Waals surface area contributed by atoms with Crippen LogP contribution in [0.4, 0.5) is 24.5 Å². The third-order valence-electron chi connectivity index (χ3n) is 4.90. The van der Waals surface area contributed by atoms with Crippen molar-refractivity contribution in [2.45, 2.75) is 20.0 Å². The van der Waals surface area contributed by atoms with E-state index >= 15 is 0 Å². The molecule has 2 heterocycles. The SMILES string of the molecule is Cc1ccc(N2C(=O)C(Nc3cccc(C(F)(F)F)c3)=C(c3cccs3)C2=O)c(C)c1. The van der Waals surface area contributed by atoms with Gasteiger partial charge >= 0.3 is 6.18 Å². The topological polar surface area (TPSA) is 49.4 Å². The number of amides is 2. The highest BCUT2D eigenvalue weighted by atomic mass is 32.1. The van der Waals surface area contributed by atoms with E-state index < -0.39 is 23.6 Å². The van der Waals surface area contributed by atoms with Gasteiger partial charge in [0.2, 0.25) is 0 Å². The monoisotopic (exact) mass is 442 g/mol. The van der Waals surface area contributed by atoms with Crippen molar-refractivity contribution in [3.8, 4) is 0 Å². The largest absolute Gasteiger partial charge is 0.416 e. The normalized spacial score (nSPS) is 14.5. The predicted molar refractivity (Wildman–Crippen MR) is 115 cm³/mol. The number of nitrogens with zero attached hydrogens (tertiary/aromatic N) is 1. The summed E-state index contributed by atoms with van der Waals surface area (Å²) in [6.07, 6.45) is -4.52. The summed E-state index contributed by atoms with van der Waals surface area (Å²) in [5.74, 6) is -1.13. The Hall–Kier alpha value is -3.39. The first kappa shape index (κ1) is 20.9. The quantitative estimate of drug-likeness (QED) is 0.521. The van der Waals surface area contributed by atoms with Crippen LogP contribution in [0.2, 0.25) is 0 Å². The first-order valence-corrected chi connectivity index (χ1v) is 10.2. The predicted octanol–water partition coefficient (Wildman–Crippen LogP) is 5.78. The lowest BCUT2D eigenvalue weighted by Crippen LogP contribution is -2.33. The lowest BCUT2D eigenvalue weighted by Gasteiger charge is -2.18. The van der Waals surface area contributed by atoms with Crippen LogP contribution in [0.5, 0.6) is 0 Å². The van der Waals surface area contributed by atoms with Crippen LogP contribution in [0, 0.1) is 13.8 Å². The molecule has 0 spiro atoms. The lowest BCUT2D eigenvalue weighted by atomic mass is 10.1. The van der Waals surface area contributed by atoms with Crippen molar-refractivity contribution in [3.63, 3.8) is 0 Å². The van der Waals surface area contributed by atoms with E-state index in [1.807, 2.05) is 13.0 Å². The molecule has 8 heteroatoms. The van der Waals surface area contributed by atoms with Gasteiger partial charge in [-0.3, -0.25) is 9.59 Å².